The molecule has 2 N–H and O–H groups in total. The van der Waals surface area contributed by atoms with Gasteiger partial charge in [0.15, 0.2) is 29.1 Å². The van der Waals surface area contributed by atoms with E-state index in [1.165, 1.54) is 5.32 Å². The van der Waals surface area contributed by atoms with Gasteiger partial charge in [0.2, 0.25) is 5.82 Å². The Kier molecular flexibility index (Phi) is 5.77. The number of halogens is 5. The van der Waals surface area contributed by atoms with Crippen LogP contribution in [-0.4, -0.2) is 23.6 Å². The van der Waals surface area contributed by atoms with E-state index in [0.29, 0.717) is 0 Å². The summed E-state index contributed by atoms with van der Waals surface area (Å²) in [6.07, 6.45) is -0.389. The average Bonchev–Trinajstić information content (AvgIpc) is 2.46. The summed E-state index contributed by atoms with van der Waals surface area (Å²) in [7, 11) is 0. The van der Waals surface area contributed by atoms with E-state index in [4.69, 9.17) is 0 Å². The van der Waals surface area contributed by atoms with E-state index >= 15 is 0 Å². The van der Waals surface area contributed by atoms with Crippen LogP contribution >= 0.6 is 0 Å². The summed E-state index contributed by atoms with van der Waals surface area (Å²) >= 11 is 0. The maximum atomic E-state index is 13.4. The van der Waals surface area contributed by atoms with Crippen LogP contribution in [0.4, 0.5) is 32.4 Å². The lowest BCUT2D eigenvalue weighted by Gasteiger charge is -2.16. The summed E-state index contributed by atoms with van der Waals surface area (Å²) in [6.45, 7) is 2.19. The molecule has 0 spiro atoms. The lowest BCUT2D eigenvalue weighted by atomic mass is 10.1. The second-order valence-electron chi connectivity index (χ2n) is 4.61. The molecular formula is C13H11F5N2O3. The molecule has 0 bridgehead atoms. The highest BCUT2D eigenvalue weighted by atomic mass is 19.2. The van der Waals surface area contributed by atoms with E-state index in [9.17, 15) is 36.3 Å². The molecule has 0 unspecified atom stereocenters. The normalized spacial score (nSPS) is 11.8. The third-order valence-electron chi connectivity index (χ3n) is 2.74. The molecule has 1 aromatic rings. The minimum absolute atomic E-state index is 0.389. The van der Waals surface area contributed by atoms with Crippen molar-refractivity contribution in [3.05, 3.63) is 29.1 Å². The van der Waals surface area contributed by atoms with Crippen molar-refractivity contribution in [2.45, 2.75) is 26.3 Å². The van der Waals surface area contributed by atoms with Gasteiger partial charge in [-0.2, -0.15) is 0 Å². The highest BCUT2D eigenvalue weighted by Gasteiger charge is 2.27. The molecule has 0 saturated heterocycles. The molecule has 0 saturated carbocycles. The second kappa shape index (κ2) is 7.16. The number of benzene rings is 1. The Morgan fingerprint density at radius 2 is 1.30 bits per heavy atom. The largest absolute Gasteiger partial charge is 0.328 e. The Labute approximate surface area is 126 Å². The Balaban J connectivity index is 3.02. The van der Waals surface area contributed by atoms with Crippen LogP contribution in [0.1, 0.15) is 20.3 Å². The number of amides is 2. The number of hydrogen-bond donors (Lipinski definition) is 2. The smallest absolute Gasteiger partial charge is 0.319 e. The number of carbonyl (C=O) groups is 3. The van der Waals surface area contributed by atoms with E-state index in [2.05, 4.69) is 0 Å². The maximum Gasteiger partial charge on any atom is 0.319 e. The molecule has 2 amide bonds. The summed E-state index contributed by atoms with van der Waals surface area (Å²) in [5.41, 5.74) is -1.57. The Bertz CT molecular complexity index is 649. The van der Waals surface area contributed by atoms with Crippen LogP contribution in [-0.2, 0) is 9.59 Å². The van der Waals surface area contributed by atoms with Gasteiger partial charge in [0.05, 0.1) is 6.04 Å². The molecule has 0 aromatic heterocycles. The zero-order valence-electron chi connectivity index (χ0n) is 11.9. The molecule has 0 heterocycles. The average molecular weight is 338 g/mol. The molecule has 1 rings (SSSR count). The number of anilines is 1. The molecule has 1 aromatic carbocycles. The van der Waals surface area contributed by atoms with E-state index in [1.54, 1.807) is 0 Å². The predicted octanol–water partition coefficient (Wildman–Crippen LogP) is 2.44. The number of urea groups is 1. The SMILES string of the molecule is CC(=O)C[C@H](NC(=O)Nc1c(F)c(F)c(F)c(F)c1F)C(C)=O. The Morgan fingerprint density at radius 1 is 0.870 bits per heavy atom. The standard InChI is InChI=1S/C13H11F5N2O3/c1-4(21)3-6(5(2)22)19-13(23)20-12-10(17)8(15)7(14)9(16)11(12)18/h6H,3H2,1-2H3,(H2,19,20,23)/t6-/m0/s1. The highest BCUT2D eigenvalue weighted by Crippen LogP contribution is 2.26. The lowest BCUT2D eigenvalue weighted by Crippen LogP contribution is -2.43. The molecule has 23 heavy (non-hydrogen) atoms. The highest BCUT2D eigenvalue weighted by molar-refractivity contribution is 5.95. The lowest BCUT2D eigenvalue weighted by molar-refractivity contribution is -0.123. The van der Waals surface area contributed by atoms with Gasteiger partial charge in [-0.3, -0.25) is 9.59 Å². The molecule has 10 heteroatoms. The molecule has 0 aliphatic heterocycles. The van der Waals surface area contributed by atoms with Gasteiger partial charge in [-0.15, -0.1) is 0 Å². The van der Waals surface area contributed by atoms with Crippen molar-refractivity contribution in [2.24, 2.45) is 0 Å². The number of Topliss-reactive ketones (excluding diaryl/α,β-unsaturated/α-hetero) is 2. The van der Waals surface area contributed by atoms with E-state index < -0.39 is 58.4 Å². The van der Waals surface area contributed by atoms with Crippen molar-refractivity contribution in [3.8, 4) is 0 Å². The van der Waals surface area contributed by atoms with Crippen molar-refractivity contribution in [3.63, 3.8) is 0 Å². The molecule has 1 atom stereocenters. The minimum atomic E-state index is -2.37. The van der Waals surface area contributed by atoms with Crippen molar-refractivity contribution in [1.29, 1.82) is 0 Å². The zero-order chi connectivity index (χ0) is 17.9. The molecule has 126 valence electrons. The first-order chi connectivity index (χ1) is 10.6. The van der Waals surface area contributed by atoms with Gasteiger partial charge in [-0.25, -0.2) is 26.7 Å². The predicted molar refractivity (Wildman–Crippen MR) is 68.2 cm³/mol. The zero-order valence-corrected chi connectivity index (χ0v) is 11.9. The van der Waals surface area contributed by atoms with E-state index in [0.717, 1.165) is 13.8 Å². The summed E-state index contributed by atoms with van der Waals surface area (Å²) in [5.74, 6) is -12.4. The number of carbonyl (C=O) groups excluding carboxylic acids is 3. The molecule has 0 radical (unpaired) electrons. The number of rotatable bonds is 5. The van der Waals surface area contributed by atoms with E-state index in [-0.39, 0.29) is 6.42 Å². The van der Waals surface area contributed by atoms with Gasteiger partial charge in [0.25, 0.3) is 0 Å². The van der Waals surface area contributed by atoms with Crippen molar-refractivity contribution < 1.29 is 36.3 Å². The van der Waals surface area contributed by atoms with Gasteiger partial charge < -0.3 is 10.6 Å². The van der Waals surface area contributed by atoms with Gasteiger partial charge in [-0.05, 0) is 13.8 Å². The number of ketones is 2. The molecule has 0 aliphatic carbocycles. The van der Waals surface area contributed by atoms with Crippen LogP contribution in [0.2, 0.25) is 0 Å². The molecular weight excluding hydrogens is 327 g/mol. The van der Waals surface area contributed by atoms with Gasteiger partial charge in [0, 0.05) is 6.42 Å². The summed E-state index contributed by atoms with van der Waals surface area (Å²) in [5, 5.41) is 3.35. The van der Waals surface area contributed by atoms with Crippen molar-refractivity contribution >= 4 is 23.3 Å². The Hall–Kier alpha value is -2.52. The van der Waals surface area contributed by atoms with Crippen LogP contribution in [0.5, 0.6) is 0 Å². The fourth-order valence-electron chi connectivity index (χ4n) is 1.61. The summed E-state index contributed by atoms with van der Waals surface area (Å²) < 4.78 is 65.6. The van der Waals surface area contributed by atoms with Crippen molar-refractivity contribution in [2.75, 3.05) is 5.32 Å². The first-order valence-corrected chi connectivity index (χ1v) is 6.15. The van der Waals surface area contributed by atoms with E-state index in [1.807, 2.05) is 5.32 Å². The fraction of sp³-hybridized carbons (Fsp3) is 0.308. The van der Waals surface area contributed by atoms with Crippen LogP contribution in [0.25, 0.3) is 0 Å². The topological polar surface area (TPSA) is 75.3 Å². The first kappa shape index (κ1) is 18.5. The Morgan fingerprint density at radius 3 is 1.70 bits per heavy atom. The monoisotopic (exact) mass is 338 g/mol. The minimum Gasteiger partial charge on any atom is -0.328 e. The first-order valence-electron chi connectivity index (χ1n) is 6.15. The van der Waals surface area contributed by atoms with Crippen LogP contribution in [0, 0.1) is 29.1 Å². The van der Waals surface area contributed by atoms with Crippen molar-refractivity contribution in [1.82, 2.24) is 5.32 Å². The third-order valence-corrected chi connectivity index (χ3v) is 2.74. The molecule has 5 nitrogen and oxygen atoms in total. The van der Waals surface area contributed by atoms with Crippen LogP contribution < -0.4 is 10.6 Å². The fourth-order valence-corrected chi connectivity index (χ4v) is 1.61. The summed E-state index contributed by atoms with van der Waals surface area (Å²) in [6, 6.07) is -2.71. The third kappa shape index (κ3) is 4.24. The summed E-state index contributed by atoms with van der Waals surface area (Å²) in [4.78, 5) is 33.8. The van der Waals surface area contributed by atoms with Gasteiger partial charge in [0.1, 0.15) is 11.5 Å². The quantitative estimate of drug-likeness (QED) is 0.492. The maximum absolute atomic E-state index is 13.4. The molecule has 0 aliphatic rings. The number of hydrogen-bond acceptors (Lipinski definition) is 3. The van der Waals surface area contributed by atoms with Crippen LogP contribution in [0.15, 0.2) is 0 Å². The van der Waals surface area contributed by atoms with Gasteiger partial charge in [-0.1, -0.05) is 0 Å². The second-order valence-corrected chi connectivity index (χ2v) is 4.61. The van der Waals surface area contributed by atoms with Crippen LogP contribution in [0.3, 0.4) is 0 Å². The molecule has 0 fully saturated rings. The van der Waals surface area contributed by atoms with Gasteiger partial charge >= 0.3 is 6.03 Å². The number of nitrogens with one attached hydrogen (secondary N) is 2.